The van der Waals surface area contributed by atoms with Gasteiger partial charge >= 0.3 is 64.7 Å². The van der Waals surface area contributed by atoms with Gasteiger partial charge in [-0.05, 0) is 0 Å². The van der Waals surface area contributed by atoms with E-state index in [-0.39, 0.29) is 21.6 Å². The van der Waals surface area contributed by atoms with Gasteiger partial charge in [0.2, 0.25) is 0 Å². The molecule has 0 spiro atoms. The molecule has 0 saturated heterocycles. The molecule has 9 heavy (non-hydrogen) atoms. The van der Waals surface area contributed by atoms with E-state index in [4.69, 9.17) is 3.07 Å². The van der Waals surface area contributed by atoms with E-state index in [1.165, 1.54) is 9.99 Å². The topological polar surface area (TPSA) is 9.23 Å². The van der Waals surface area contributed by atoms with Crippen molar-refractivity contribution in [3.05, 3.63) is 29.8 Å². The van der Waals surface area contributed by atoms with E-state index in [0.29, 0.717) is 0 Å². The van der Waals surface area contributed by atoms with E-state index in [2.05, 4.69) is 12.1 Å². The SMILES string of the molecule is c1ccc2c(c1)C[I-]O2. The van der Waals surface area contributed by atoms with Crippen molar-refractivity contribution in [3.8, 4) is 5.75 Å². The molecule has 48 valence electrons. The summed E-state index contributed by atoms with van der Waals surface area (Å²) >= 11 is 0.0125. The number of hydrogen-bond donors (Lipinski definition) is 0. The van der Waals surface area contributed by atoms with Crippen LogP contribution in [0.15, 0.2) is 24.3 Å². The zero-order valence-electron chi connectivity index (χ0n) is 4.80. The van der Waals surface area contributed by atoms with Crippen LogP contribution in [0.5, 0.6) is 5.75 Å². The van der Waals surface area contributed by atoms with Gasteiger partial charge < -0.3 is 0 Å². The first-order valence-corrected chi connectivity index (χ1v) is 5.21. The molecular weight excluding hydrogens is 227 g/mol. The van der Waals surface area contributed by atoms with Crippen LogP contribution < -0.4 is 24.7 Å². The Balaban J connectivity index is 2.54. The normalized spacial score (nSPS) is 15.6. The van der Waals surface area contributed by atoms with Gasteiger partial charge in [-0.15, -0.1) is 0 Å². The number of fused-ring (bicyclic) bond motifs is 1. The van der Waals surface area contributed by atoms with Crippen molar-refractivity contribution in [2.24, 2.45) is 0 Å². The van der Waals surface area contributed by atoms with Crippen molar-refractivity contribution < 1.29 is 24.7 Å². The Bertz CT molecular complexity index is 199. The molecule has 0 aliphatic carbocycles. The van der Waals surface area contributed by atoms with Gasteiger partial charge in [-0.3, -0.25) is 0 Å². The van der Waals surface area contributed by atoms with Crippen molar-refractivity contribution >= 4 is 0 Å². The van der Waals surface area contributed by atoms with E-state index in [0.717, 1.165) is 5.75 Å². The fraction of sp³-hybridized carbons (Fsp3) is 0.143. The van der Waals surface area contributed by atoms with E-state index in [1.54, 1.807) is 0 Å². The predicted molar refractivity (Wildman–Crippen MR) is 30.8 cm³/mol. The summed E-state index contributed by atoms with van der Waals surface area (Å²) in [5.74, 6) is 1.12. The summed E-state index contributed by atoms with van der Waals surface area (Å²) in [6.45, 7) is 0. The first-order valence-electron chi connectivity index (χ1n) is 2.81. The van der Waals surface area contributed by atoms with Crippen LogP contribution in [-0.2, 0) is 4.43 Å². The summed E-state index contributed by atoms with van der Waals surface area (Å²) in [5, 5.41) is 0. The number of hydrogen-bond acceptors (Lipinski definition) is 1. The van der Waals surface area contributed by atoms with E-state index >= 15 is 0 Å². The summed E-state index contributed by atoms with van der Waals surface area (Å²) < 4.78 is 6.60. The van der Waals surface area contributed by atoms with Gasteiger partial charge in [0.25, 0.3) is 0 Å². The Hall–Kier alpha value is -0.250. The summed E-state index contributed by atoms with van der Waals surface area (Å²) in [7, 11) is 0. The number of halogens is 1. The molecule has 1 aromatic carbocycles. The molecule has 1 aromatic rings. The van der Waals surface area contributed by atoms with Crippen LogP contribution >= 0.6 is 0 Å². The molecule has 1 heterocycles. The quantitative estimate of drug-likeness (QED) is 0.395. The molecule has 1 nitrogen and oxygen atoms in total. The molecule has 0 atom stereocenters. The molecule has 0 fully saturated rings. The van der Waals surface area contributed by atoms with Gasteiger partial charge in [-0.1, -0.05) is 0 Å². The van der Waals surface area contributed by atoms with Gasteiger partial charge in [0, 0.05) is 0 Å². The van der Waals surface area contributed by atoms with Gasteiger partial charge in [0.15, 0.2) is 0 Å². The van der Waals surface area contributed by atoms with Crippen LogP contribution in [0.4, 0.5) is 0 Å². The number of alkyl halides is 1. The van der Waals surface area contributed by atoms with Gasteiger partial charge in [0.1, 0.15) is 0 Å². The van der Waals surface area contributed by atoms with Crippen LogP contribution in [0.2, 0.25) is 0 Å². The maximum absolute atomic E-state index is 5.41. The monoisotopic (exact) mass is 233 g/mol. The van der Waals surface area contributed by atoms with E-state index in [1.807, 2.05) is 12.1 Å². The van der Waals surface area contributed by atoms with E-state index < -0.39 is 0 Å². The molecule has 0 saturated carbocycles. The molecule has 0 bridgehead atoms. The fourth-order valence-corrected chi connectivity index (χ4v) is 2.72. The van der Waals surface area contributed by atoms with Gasteiger partial charge in [-0.25, -0.2) is 0 Å². The van der Waals surface area contributed by atoms with Crippen LogP contribution in [0, 0.1) is 0 Å². The third-order valence-electron chi connectivity index (χ3n) is 1.31. The van der Waals surface area contributed by atoms with Crippen molar-refractivity contribution in [1.29, 1.82) is 0 Å². The first kappa shape index (κ1) is 5.53. The molecule has 0 unspecified atom stereocenters. The molecule has 1 aliphatic heterocycles. The van der Waals surface area contributed by atoms with Gasteiger partial charge in [-0.2, -0.15) is 0 Å². The van der Waals surface area contributed by atoms with Crippen LogP contribution in [-0.4, -0.2) is 0 Å². The Kier molecular flexibility index (Phi) is 1.33. The fourth-order valence-electron chi connectivity index (χ4n) is 0.834. The standard InChI is InChI=1S/C7H6IO/c1-2-4-7-6(3-1)5-8-9-7/h1-4H,5H2/q-1. The summed E-state index contributed by atoms with van der Waals surface area (Å²) in [6.07, 6.45) is 0. The summed E-state index contributed by atoms with van der Waals surface area (Å²) in [5.41, 5.74) is 1.39. The molecule has 0 amide bonds. The van der Waals surface area contributed by atoms with Gasteiger partial charge in [0.05, 0.1) is 0 Å². The number of para-hydroxylation sites is 1. The summed E-state index contributed by atoms with van der Waals surface area (Å²) in [4.78, 5) is 0. The second-order valence-corrected chi connectivity index (χ2v) is 3.75. The molecule has 1 aliphatic rings. The van der Waals surface area contributed by atoms with Crippen LogP contribution in [0.1, 0.15) is 5.56 Å². The molecule has 2 rings (SSSR count). The Morgan fingerprint density at radius 1 is 1.33 bits per heavy atom. The van der Waals surface area contributed by atoms with Crippen molar-refractivity contribution in [2.75, 3.05) is 0 Å². The Labute approximate surface area is 64.8 Å². The second kappa shape index (κ2) is 2.17. The zero-order valence-corrected chi connectivity index (χ0v) is 6.96. The van der Waals surface area contributed by atoms with E-state index in [9.17, 15) is 0 Å². The third kappa shape index (κ3) is 0.913. The predicted octanol–water partition coefficient (Wildman–Crippen LogP) is -1.42. The minimum atomic E-state index is 0.0125. The maximum atomic E-state index is 5.41. The second-order valence-electron chi connectivity index (χ2n) is 1.93. The minimum absolute atomic E-state index is 0.0125. The molecule has 0 N–H and O–H groups in total. The van der Waals surface area contributed by atoms with Crippen LogP contribution in [0.3, 0.4) is 0 Å². The Morgan fingerprint density at radius 3 is 3.11 bits per heavy atom. The molecular formula is C7H6IO-. The first-order chi connectivity index (χ1) is 4.47. The third-order valence-corrected chi connectivity index (χ3v) is 3.23. The number of rotatable bonds is 0. The average Bonchev–Trinajstić information content (AvgIpc) is 2.33. The van der Waals surface area contributed by atoms with Crippen molar-refractivity contribution in [3.63, 3.8) is 0 Å². The molecule has 0 radical (unpaired) electrons. The Morgan fingerprint density at radius 2 is 2.22 bits per heavy atom. The molecule has 0 aromatic heterocycles. The number of benzene rings is 1. The zero-order chi connectivity index (χ0) is 6.10. The summed E-state index contributed by atoms with van der Waals surface area (Å²) in [6, 6.07) is 8.27. The van der Waals surface area contributed by atoms with Crippen molar-refractivity contribution in [2.45, 2.75) is 4.43 Å². The average molecular weight is 233 g/mol. The molecule has 2 heteroatoms. The van der Waals surface area contributed by atoms with Crippen molar-refractivity contribution in [1.82, 2.24) is 0 Å². The van der Waals surface area contributed by atoms with Crippen LogP contribution in [0.25, 0.3) is 0 Å².